The van der Waals surface area contributed by atoms with Gasteiger partial charge in [-0.15, -0.1) is 0 Å². The summed E-state index contributed by atoms with van der Waals surface area (Å²) in [5.74, 6) is 0.350. The second-order valence-corrected chi connectivity index (χ2v) is 6.57. The summed E-state index contributed by atoms with van der Waals surface area (Å²) in [6.45, 7) is 4.37. The number of hydrogen-bond acceptors (Lipinski definition) is 5. The molecular weight excluding hydrogens is 279 g/mol. The van der Waals surface area contributed by atoms with Crippen molar-refractivity contribution in [2.24, 2.45) is 5.92 Å². The fourth-order valence-corrected chi connectivity index (χ4v) is 4.04. The molecule has 4 rings (SSSR count). The van der Waals surface area contributed by atoms with E-state index in [0.29, 0.717) is 16.8 Å². The van der Waals surface area contributed by atoms with Gasteiger partial charge in [-0.3, -0.25) is 19.8 Å². The number of fused-ring (bicyclic) bond motifs is 3. The van der Waals surface area contributed by atoms with Crippen LogP contribution in [0.1, 0.15) is 29.4 Å². The van der Waals surface area contributed by atoms with Crippen LogP contribution in [-0.4, -0.2) is 40.9 Å². The monoisotopic (exact) mass is 296 g/mol. The summed E-state index contributed by atoms with van der Waals surface area (Å²) < 4.78 is 0. The second-order valence-electron chi connectivity index (χ2n) is 5.51. The van der Waals surface area contributed by atoms with E-state index in [0.717, 1.165) is 37.3 Å². The Morgan fingerprint density at radius 1 is 1.45 bits per heavy atom. The average molecular weight is 296 g/mol. The molecule has 3 aliphatic heterocycles. The number of piperidine rings is 3. The molecule has 1 aromatic rings. The lowest BCUT2D eigenvalue weighted by atomic mass is 9.79. The molecule has 6 nitrogen and oxygen atoms in total. The van der Waals surface area contributed by atoms with E-state index >= 15 is 0 Å². The topological polar surface area (TPSA) is 75.5 Å². The largest absolute Gasteiger partial charge is 0.347 e. The number of carbonyl (C=O) groups excluding carboxylic acids is 1. The number of nitrogens with zero attached hydrogens (tertiary/aromatic N) is 2. The first-order valence-electron chi connectivity index (χ1n) is 6.85. The Balaban J connectivity index is 1.70. The van der Waals surface area contributed by atoms with Crippen LogP contribution in [0.3, 0.4) is 0 Å². The van der Waals surface area contributed by atoms with Gasteiger partial charge in [0.1, 0.15) is 0 Å². The van der Waals surface area contributed by atoms with Gasteiger partial charge in [0.05, 0.1) is 9.80 Å². The number of amides is 1. The highest BCUT2D eigenvalue weighted by atomic mass is 32.1. The molecule has 108 valence electrons. The molecule has 4 heterocycles. The Bertz CT molecular complexity index is 535. The maximum absolute atomic E-state index is 12.2. The van der Waals surface area contributed by atoms with Gasteiger partial charge in [-0.25, -0.2) is 0 Å². The highest BCUT2D eigenvalue weighted by Gasteiger charge is 2.40. The van der Waals surface area contributed by atoms with E-state index in [-0.39, 0.29) is 17.0 Å². The molecule has 0 radical (unpaired) electrons. The van der Waals surface area contributed by atoms with Crippen molar-refractivity contribution in [2.75, 3.05) is 13.1 Å². The predicted octanol–water partition coefficient (Wildman–Crippen LogP) is 1.87. The van der Waals surface area contributed by atoms with Gasteiger partial charge in [0, 0.05) is 18.2 Å². The molecule has 20 heavy (non-hydrogen) atoms. The summed E-state index contributed by atoms with van der Waals surface area (Å²) >= 11 is 0.934. The Morgan fingerprint density at radius 3 is 2.70 bits per heavy atom. The Labute approximate surface area is 120 Å². The van der Waals surface area contributed by atoms with Crippen LogP contribution in [0.15, 0.2) is 12.1 Å². The molecule has 0 spiro atoms. The predicted molar refractivity (Wildman–Crippen MR) is 76.0 cm³/mol. The van der Waals surface area contributed by atoms with E-state index in [1.807, 2.05) is 0 Å². The lowest BCUT2D eigenvalue weighted by molar-refractivity contribution is -0.380. The molecule has 3 fully saturated rings. The number of thiophene rings is 1. The Kier molecular flexibility index (Phi) is 3.47. The number of carbonyl (C=O) groups is 1. The van der Waals surface area contributed by atoms with Crippen molar-refractivity contribution >= 4 is 22.2 Å². The van der Waals surface area contributed by atoms with Crippen molar-refractivity contribution in [3.63, 3.8) is 0 Å². The van der Waals surface area contributed by atoms with Gasteiger partial charge in [0.15, 0.2) is 0 Å². The molecule has 0 aliphatic carbocycles. The molecule has 3 saturated heterocycles. The lowest BCUT2D eigenvalue weighted by Crippen LogP contribution is -2.62. The normalized spacial score (nSPS) is 32.0. The van der Waals surface area contributed by atoms with Gasteiger partial charge in [0.2, 0.25) is 0 Å². The minimum atomic E-state index is -0.460. The quantitative estimate of drug-likeness (QED) is 0.682. The van der Waals surface area contributed by atoms with Crippen LogP contribution in [0.4, 0.5) is 5.00 Å². The van der Waals surface area contributed by atoms with Crippen LogP contribution in [0.5, 0.6) is 0 Å². The maximum Gasteiger partial charge on any atom is 0.324 e. The summed E-state index contributed by atoms with van der Waals surface area (Å²) in [5, 5.41) is 13.7. The van der Waals surface area contributed by atoms with E-state index < -0.39 is 4.92 Å². The average Bonchev–Trinajstić information content (AvgIpc) is 2.93. The van der Waals surface area contributed by atoms with Gasteiger partial charge in [-0.05, 0) is 44.8 Å². The minimum Gasteiger partial charge on any atom is -0.347 e. The first-order valence-corrected chi connectivity index (χ1v) is 7.67. The molecule has 2 atom stereocenters. The molecule has 1 amide bonds. The number of rotatable bonds is 3. The Morgan fingerprint density at radius 2 is 2.15 bits per heavy atom. The minimum absolute atomic E-state index is 0.0112. The number of hydrogen-bond donors (Lipinski definition) is 1. The van der Waals surface area contributed by atoms with Crippen molar-refractivity contribution in [1.82, 2.24) is 10.2 Å². The summed E-state index contributed by atoms with van der Waals surface area (Å²) in [6.07, 6.45) is 2.25. The van der Waals surface area contributed by atoms with Crippen LogP contribution in [0, 0.1) is 16.0 Å². The SMILES string of the molecule is C[C@H]1[C@H](NC(=O)[13c]2ccc([N+](=O)[O-])s2)C2CCN1CC2. The zero-order valence-corrected chi connectivity index (χ0v) is 12.1. The first kappa shape index (κ1) is 13.5. The highest BCUT2D eigenvalue weighted by molar-refractivity contribution is 7.17. The lowest BCUT2D eigenvalue weighted by Gasteiger charge is -2.49. The van der Waals surface area contributed by atoms with E-state index in [1.165, 1.54) is 12.1 Å². The van der Waals surface area contributed by atoms with Gasteiger partial charge in [-0.2, -0.15) is 0 Å². The molecule has 0 saturated carbocycles. The van der Waals surface area contributed by atoms with Crippen LogP contribution >= 0.6 is 11.3 Å². The molecule has 7 heteroatoms. The van der Waals surface area contributed by atoms with Crippen molar-refractivity contribution < 1.29 is 9.72 Å². The van der Waals surface area contributed by atoms with Crippen LogP contribution in [0.2, 0.25) is 0 Å². The molecule has 0 aromatic carbocycles. The Hall–Kier alpha value is -1.47. The summed E-state index contributed by atoms with van der Waals surface area (Å²) in [4.78, 5) is 25.3. The number of nitrogens with one attached hydrogen (secondary N) is 1. The van der Waals surface area contributed by atoms with Gasteiger partial charge < -0.3 is 5.32 Å². The zero-order chi connectivity index (χ0) is 14.3. The van der Waals surface area contributed by atoms with E-state index in [2.05, 4.69) is 17.1 Å². The van der Waals surface area contributed by atoms with Crippen molar-refractivity contribution in [3.05, 3.63) is 27.1 Å². The van der Waals surface area contributed by atoms with Gasteiger partial charge in [-0.1, -0.05) is 11.3 Å². The molecule has 0 unspecified atom stereocenters. The smallest absolute Gasteiger partial charge is 0.324 e. The fraction of sp³-hybridized carbons (Fsp3) is 0.615. The molecular formula is C13H17N3O3S. The second kappa shape index (κ2) is 5.14. The third-order valence-corrected chi connectivity index (χ3v) is 5.51. The van der Waals surface area contributed by atoms with Crippen LogP contribution in [-0.2, 0) is 0 Å². The fourth-order valence-electron chi connectivity index (χ4n) is 3.32. The van der Waals surface area contributed by atoms with Crippen molar-refractivity contribution in [1.29, 1.82) is 0 Å². The van der Waals surface area contributed by atoms with Crippen molar-refractivity contribution in [3.8, 4) is 0 Å². The van der Waals surface area contributed by atoms with E-state index in [4.69, 9.17) is 0 Å². The third-order valence-electron chi connectivity index (χ3n) is 4.47. The molecule has 1 aromatic heterocycles. The zero-order valence-electron chi connectivity index (χ0n) is 11.2. The third kappa shape index (κ3) is 2.31. The van der Waals surface area contributed by atoms with Crippen LogP contribution in [0.25, 0.3) is 0 Å². The molecule has 2 bridgehead atoms. The van der Waals surface area contributed by atoms with Gasteiger partial charge in [0.25, 0.3) is 5.91 Å². The van der Waals surface area contributed by atoms with Crippen molar-refractivity contribution in [2.45, 2.75) is 31.8 Å². The summed E-state index contributed by atoms with van der Waals surface area (Å²) in [6, 6.07) is 3.43. The summed E-state index contributed by atoms with van der Waals surface area (Å²) in [5.41, 5.74) is 0. The van der Waals surface area contributed by atoms with E-state index in [9.17, 15) is 14.9 Å². The van der Waals surface area contributed by atoms with E-state index in [1.54, 1.807) is 0 Å². The van der Waals surface area contributed by atoms with Gasteiger partial charge >= 0.3 is 5.00 Å². The standard InChI is InChI=1S/C13H17N3O3S/c1-8-12(9-4-6-15(8)7-5-9)14-13(17)10-2-3-11(20-10)16(18)19/h2-3,8-9,12H,4-7H2,1H3,(H,14,17)/t8-,12-/m0/s1/i10+1. The number of nitro groups is 1. The highest BCUT2D eigenvalue weighted by Crippen LogP contribution is 2.32. The first-order chi connectivity index (χ1) is 9.56. The summed E-state index contributed by atoms with van der Waals surface area (Å²) in [7, 11) is 0. The molecule has 3 aliphatic rings. The molecule has 1 N–H and O–H groups in total. The van der Waals surface area contributed by atoms with Crippen LogP contribution < -0.4 is 5.32 Å². The maximum atomic E-state index is 12.2.